The molecule has 0 unspecified atom stereocenters. The third kappa shape index (κ3) is 7.54. The van der Waals surface area contributed by atoms with Gasteiger partial charge in [0.05, 0.1) is 66.8 Å². The molecule has 3 aromatic rings. The SMILES string of the molecule is O=C(O)c1cc(C(=O)O)c(C(=O)OC(=O)c2cc(C(=O)OC(=O)c3cc(C(=O)O)c(C(=O)O)cc3C(=O)O)c(C(=O)O)cc2C(=O)O)cc1C(=O)O. The number of rotatable bonds is 12. The lowest BCUT2D eigenvalue weighted by Gasteiger charge is -2.13. The van der Waals surface area contributed by atoms with Crippen molar-refractivity contribution in [3.05, 3.63) is 103 Å². The monoisotopic (exact) mass is 726 g/mol. The van der Waals surface area contributed by atoms with Crippen LogP contribution < -0.4 is 0 Å². The molecule has 0 bridgehead atoms. The summed E-state index contributed by atoms with van der Waals surface area (Å²) in [6.07, 6.45) is 0. The number of carboxylic acids is 8. The Balaban J connectivity index is 2.16. The molecule has 52 heavy (non-hydrogen) atoms. The molecule has 0 aromatic heterocycles. The molecule has 0 saturated carbocycles. The number of hydrogen-bond donors (Lipinski definition) is 8. The zero-order valence-electron chi connectivity index (χ0n) is 24.8. The molecule has 22 nitrogen and oxygen atoms in total. The molecule has 8 N–H and O–H groups in total. The van der Waals surface area contributed by atoms with Crippen LogP contribution in [0.15, 0.2) is 36.4 Å². The minimum absolute atomic E-state index is 0.0980. The highest BCUT2D eigenvalue weighted by Crippen LogP contribution is 2.25. The molecule has 0 aliphatic heterocycles. The van der Waals surface area contributed by atoms with Crippen molar-refractivity contribution in [2.75, 3.05) is 0 Å². The van der Waals surface area contributed by atoms with E-state index in [-0.39, 0.29) is 36.4 Å². The van der Waals surface area contributed by atoms with Gasteiger partial charge in [0, 0.05) is 0 Å². The van der Waals surface area contributed by atoms with Gasteiger partial charge in [-0.3, -0.25) is 0 Å². The highest BCUT2D eigenvalue weighted by atomic mass is 16.6. The molecule has 0 aliphatic carbocycles. The highest BCUT2D eigenvalue weighted by molar-refractivity contribution is 6.17. The van der Waals surface area contributed by atoms with E-state index in [2.05, 4.69) is 9.47 Å². The van der Waals surface area contributed by atoms with Crippen LogP contribution in [0.2, 0.25) is 0 Å². The average molecular weight is 726 g/mol. The summed E-state index contributed by atoms with van der Waals surface area (Å²) >= 11 is 0. The zero-order valence-corrected chi connectivity index (χ0v) is 24.8. The smallest absolute Gasteiger partial charge is 0.346 e. The van der Waals surface area contributed by atoms with Crippen molar-refractivity contribution in [2.24, 2.45) is 0 Å². The van der Waals surface area contributed by atoms with Gasteiger partial charge in [0.15, 0.2) is 0 Å². The first-order valence-electron chi connectivity index (χ1n) is 13.0. The summed E-state index contributed by atoms with van der Waals surface area (Å²) in [7, 11) is 0. The lowest BCUT2D eigenvalue weighted by atomic mass is 9.97. The van der Waals surface area contributed by atoms with Gasteiger partial charge in [0.1, 0.15) is 0 Å². The first kappa shape index (κ1) is 38.2. The number of hydrogen-bond acceptors (Lipinski definition) is 14. The summed E-state index contributed by atoms with van der Waals surface area (Å²) in [5, 5.41) is 75.2. The van der Waals surface area contributed by atoms with Crippen molar-refractivity contribution >= 4 is 71.6 Å². The van der Waals surface area contributed by atoms with Crippen LogP contribution in [0.1, 0.15) is 124 Å². The lowest BCUT2D eigenvalue weighted by molar-refractivity contribution is 0.0381. The van der Waals surface area contributed by atoms with E-state index < -0.39 is 138 Å². The first-order valence-corrected chi connectivity index (χ1v) is 13.0. The Bertz CT molecular complexity index is 2090. The number of carbonyl (C=O) groups is 12. The van der Waals surface area contributed by atoms with E-state index in [0.29, 0.717) is 0 Å². The largest absolute Gasteiger partial charge is 0.478 e. The van der Waals surface area contributed by atoms with E-state index in [1.165, 1.54) is 0 Å². The quantitative estimate of drug-likeness (QED) is 0.0961. The summed E-state index contributed by atoms with van der Waals surface area (Å²) in [5.41, 5.74) is -14.9. The molecule has 0 heterocycles. The highest BCUT2D eigenvalue weighted by Gasteiger charge is 2.33. The fourth-order valence-corrected chi connectivity index (χ4v) is 4.28. The van der Waals surface area contributed by atoms with Crippen molar-refractivity contribution < 1.29 is 108 Å². The number of ether oxygens (including phenoxy) is 2. The number of carboxylic acid groups (broad SMARTS) is 8. The molecule has 0 fully saturated rings. The number of aromatic carboxylic acids is 8. The standard InChI is InChI=1S/C30H14O22/c31-19(32)7-1-11(23(39)40)15(4-9(7)21(35)36)27(47)51-29(49)17-6-18(14(26(45)46)3-13(17)25(43)44)30(50)52-28(48)16-5-10(22(37)38)8(20(33)34)2-12(16)24(41)42/h1-6H,(H,31,32)(H,33,34)(H,35,36)(H,37,38)(H,39,40)(H,41,42)(H,43,44)(H,45,46). The van der Waals surface area contributed by atoms with Crippen molar-refractivity contribution in [1.82, 2.24) is 0 Å². The summed E-state index contributed by atoms with van der Waals surface area (Å²) < 4.78 is 8.91. The summed E-state index contributed by atoms with van der Waals surface area (Å²) in [4.78, 5) is 145. The summed E-state index contributed by atoms with van der Waals surface area (Å²) in [6.45, 7) is 0. The fourth-order valence-electron chi connectivity index (χ4n) is 4.28. The number of benzene rings is 3. The van der Waals surface area contributed by atoms with Gasteiger partial charge in [0.2, 0.25) is 0 Å². The van der Waals surface area contributed by atoms with Crippen LogP contribution in [-0.2, 0) is 9.47 Å². The van der Waals surface area contributed by atoms with Gasteiger partial charge < -0.3 is 50.3 Å². The molecule has 0 spiro atoms. The van der Waals surface area contributed by atoms with Gasteiger partial charge in [-0.15, -0.1) is 0 Å². The minimum Gasteiger partial charge on any atom is -0.478 e. The Kier molecular flexibility index (Phi) is 10.6. The van der Waals surface area contributed by atoms with E-state index in [4.69, 9.17) is 0 Å². The second-order valence-electron chi connectivity index (χ2n) is 9.63. The Labute approximate surface area is 282 Å². The summed E-state index contributed by atoms with van der Waals surface area (Å²) in [6, 6.07) is 1.10. The van der Waals surface area contributed by atoms with Gasteiger partial charge in [-0.05, 0) is 36.4 Å². The fraction of sp³-hybridized carbons (Fsp3) is 0. The van der Waals surface area contributed by atoms with E-state index >= 15 is 0 Å². The molecule has 0 radical (unpaired) electrons. The van der Waals surface area contributed by atoms with Crippen molar-refractivity contribution in [3.63, 3.8) is 0 Å². The maximum atomic E-state index is 13.0. The van der Waals surface area contributed by atoms with Gasteiger partial charge in [-0.25, -0.2) is 57.5 Å². The molecule has 0 saturated heterocycles. The maximum absolute atomic E-state index is 13.0. The van der Waals surface area contributed by atoms with E-state index in [9.17, 15) is 98.4 Å². The molecule has 3 rings (SSSR count). The summed E-state index contributed by atoms with van der Waals surface area (Å²) in [5.74, 6) is -24.4. The van der Waals surface area contributed by atoms with Crippen LogP contribution in [-0.4, -0.2) is 112 Å². The van der Waals surface area contributed by atoms with Gasteiger partial charge in [-0.2, -0.15) is 0 Å². The van der Waals surface area contributed by atoms with Gasteiger partial charge in [-0.1, -0.05) is 0 Å². The minimum atomic E-state index is -2.12. The average Bonchev–Trinajstić information content (AvgIpc) is 3.05. The molecular weight excluding hydrogens is 712 g/mol. The molecule has 22 heteroatoms. The van der Waals surface area contributed by atoms with Crippen LogP contribution >= 0.6 is 0 Å². The zero-order chi connectivity index (χ0) is 39.5. The van der Waals surface area contributed by atoms with Gasteiger partial charge >= 0.3 is 71.6 Å². The van der Waals surface area contributed by atoms with E-state index in [0.717, 1.165) is 0 Å². The Morgan fingerprint density at radius 1 is 0.250 bits per heavy atom. The Morgan fingerprint density at radius 3 is 0.519 bits per heavy atom. The van der Waals surface area contributed by atoms with E-state index in [1.807, 2.05) is 0 Å². The van der Waals surface area contributed by atoms with Crippen LogP contribution in [0.4, 0.5) is 0 Å². The molecule has 0 aliphatic rings. The van der Waals surface area contributed by atoms with Crippen LogP contribution in [0.5, 0.6) is 0 Å². The molecule has 3 aromatic carbocycles. The van der Waals surface area contributed by atoms with Crippen LogP contribution in [0, 0.1) is 0 Å². The van der Waals surface area contributed by atoms with Gasteiger partial charge in [0.25, 0.3) is 0 Å². The second kappa shape index (κ2) is 14.4. The molecular formula is C30H14O22. The van der Waals surface area contributed by atoms with Crippen molar-refractivity contribution in [2.45, 2.75) is 0 Å². The Hall–Kier alpha value is -8.30. The molecule has 266 valence electrons. The number of carbonyl (C=O) groups excluding carboxylic acids is 4. The maximum Gasteiger partial charge on any atom is 0.346 e. The molecule has 0 atom stereocenters. The topological polar surface area (TPSA) is 385 Å². The van der Waals surface area contributed by atoms with Crippen LogP contribution in [0.3, 0.4) is 0 Å². The van der Waals surface area contributed by atoms with Crippen LogP contribution in [0.25, 0.3) is 0 Å². The second-order valence-corrected chi connectivity index (χ2v) is 9.63. The molecule has 0 amide bonds. The Morgan fingerprint density at radius 2 is 0.365 bits per heavy atom. The normalized spacial score (nSPS) is 10.3. The van der Waals surface area contributed by atoms with Crippen molar-refractivity contribution in [1.29, 1.82) is 0 Å². The third-order valence-electron chi connectivity index (χ3n) is 6.57. The predicted molar refractivity (Wildman–Crippen MR) is 154 cm³/mol. The predicted octanol–water partition coefficient (Wildman–Crippen LogP) is 1.27. The van der Waals surface area contributed by atoms with E-state index in [1.54, 1.807) is 0 Å². The first-order chi connectivity index (χ1) is 24.1. The lowest BCUT2D eigenvalue weighted by Crippen LogP contribution is -2.23. The third-order valence-corrected chi connectivity index (χ3v) is 6.57. The van der Waals surface area contributed by atoms with Crippen molar-refractivity contribution in [3.8, 4) is 0 Å². The number of esters is 4.